The summed E-state index contributed by atoms with van der Waals surface area (Å²) in [7, 11) is 3.78. The molecule has 138 valence electrons. The van der Waals surface area contributed by atoms with E-state index in [-0.39, 0.29) is 6.23 Å². The Balaban J connectivity index is 1.76. The van der Waals surface area contributed by atoms with E-state index in [9.17, 15) is 0 Å². The standard InChI is InChI=1S/C19H35N3O2/c1-4-16-13-18(15-21(2)19(16)23-3)24-12-8-9-17(14-20)22-10-6-5-7-11-22/h13,15,17,19H,4-12,14,20H2,1-3H3/t17-,19?/m0/s1. The van der Waals surface area contributed by atoms with Crippen LogP contribution in [0, 0.1) is 0 Å². The molecule has 2 aliphatic rings. The molecule has 2 aliphatic heterocycles. The Bertz CT molecular complexity index is 430. The number of rotatable bonds is 9. The lowest BCUT2D eigenvalue weighted by Gasteiger charge is -2.34. The van der Waals surface area contributed by atoms with Crippen LogP contribution in [0.25, 0.3) is 0 Å². The average molecular weight is 338 g/mol. The van der Waals surface area contributed by atoms with E-state index < -0.39 is 0 Å². The van der Waals surface area contributed by atoms with Crippen LogP contribution < -0.4 is 5.73 Å². The van der Waals surface area contributed by atoms with Crippen molar-refractivity contribution >= 4 is 0 Å². The van der Waals surface area contributed by atoms with Gasteiger partial charge in [0.05, 0.1) is 6.61 Å². The van der Waals surface area contributed by atoms with E-state index in [2.05, 4.69) is 22.8 Å². The van der Waals surface area contributed by atoms with Crippen LogP contribution >= 0.6 is 0 Å². The zero-order valence-electron chi connectivity index (χ0n) is 15.7. The van der Waals surface area contributed by atoms with E-state index in [0.29, 0.717) is 6.04 Å². The molecule has 0 aliphatic carbocycles. The molecule has 5 heteroatoms. The summed E-state index contributed by atoms with van der Waals surface area (Å²) in [6.07, 6.45) is 11.3. The first-order chi connectivity index (χ1) is 11.7. The average Bonchev–Trinajstić information content (AvgIpc) is 2.62. The predicted molar refractivity (Wildman–Crippen MR) is 98.5 cm³/mol. The van der Waals surface area contributed by atoms with Crippen molar-refractivity contribution in [1.29, 1.82) is 0 Å². The number of nitrogens with zero attached hydrogens (tertiary/aromatic N) is 2. The summed E-state index contributed by atoms with van der Waals surface area (Å²) >= 11 is 0. The van der Waals surface area contributed by atoms with Crippen LogP contribution in [0.3, 0.4) is 0 Å². The molecule has 1 unspecified atom stereocenters. The number of nitrogens with two attached hydrogens (primary N) is 1. The van der Waals surface area contributed by atoms with Crippen LogP contribution in [0.4, 0.5) is 0 Å². The fourth-order valence-electron chi connectivity index (χ4n) is 3.74. The first kappa shape index (κ1) is 19.3. The molecule has 0 aromatic carbocycles. The van der Waals surface area contributed by atoms with Gasteiger partial charge in [-0.3, -0.25) is 4.90 Å². The van der Waals surface area contributed by atoms with Gasteiger partial charge >= 0.3 is 0 Å². The molecule has 0 aromatic rings. The van der Waals surface area contributed by atoms with Gasteiger partial charge in [-0.05, 0) is 56.8 Å². The highest BCUT2D eigenvalue weighted by molar-refractivity contribution is 5.25. The third kappa shape index (κ3) is 5.23. The Kier molecular flexibility index (Phi) is 8.09. The Hall–Kier alpha value is -1.04. The second-order valence-electron chi connectivity index (χ2n) is 6.83. The number of ether oxygens (including phenoxy) is 2. The molecule has 2 N–H and O–H groups in total. The largest absolute Gasteiger partial charge is 0.492 e. The molecule has 2 atom stereocenters. The number of methoxy groups -OCH3 is 1. The molecule has 2 rings (SSSR count). The summed E-state index contributed by atoms with van der Waals surface area (Å²) in [5, 5.41) is 0. The van der Waals surface area contributed by atoms with Crippen molar-refractivity contribution in [1.82, 2.24) is 9.80 Å². The maximum Gasteiger partial charge on any atom is 0.151 e. The zero-order chi connectivity index (χ0) is 17.4. The van der Waals surface area contributed by atoms with Crippen LogP contribution in [-0.4, -0.2) is 62.5 Å². The molecule has 24 heavy (non-hydrogen) atoms. The minimum absolute atomic E-state index is 0.0306. The third-order valence-corrected chi connectivity index (χ3v) is 5.11. The van der Waals surface area contributed by atoms with Gasteiger partial charge in [-0.15, -0.1) is 0 Å². The molecule has 1 saturated heterocycles. The van der Waals surface area contributed by atoms with E-state index in [0.717, 1.165) is 38.2 Å². The van der Waals surface area contributed by atoms with Gasteiger partial charge in [0.15, 0.2) is 6.23 Å². The molecule has 0 saturated carbocycles. The monoisotopic (exact) mass is 337 g/mol. The maximum absolute atomic E-state index is 5.99. The molecular weight excluding hydrogens is 302 g/mol. The van der Waals surface area contributed by atoms with E-state index in [1.165, 1.54) is 37.9 Å². The third-order valence-electron chi connectivity index (χ3n) is 5.11. The Morgan fingerprint density at radius 3 is 2.67 bits per heavy atom. The van der Waals surface area contributed by atoms with Crippen molar-refractivity contribution < 1.29 is 9.47 Å². The highest BCUT2D eigenvalue weighted by Crippen LogP contribution is 2.23. The van der Waals surface area contributed by atoms with Crippen LogP contribution in [0.5, 0.6) is 0 Å². The summed E-state index contributed by atoms with van der Waals surface area (Å²) in [5.74, 6) is 0.935. The van der Waals surface area contributed by atoms with Gasteiger partial charge < -0.3 is 20.1 Å². The number of likely N-dealkylation sites (tertiary alicyclic amines) is 1. The first-order valence-electron chi connectivity index (χ1n) is 9.43. The molecule has 0 amide bonds. The molecule has 0 aromatic heterocycles. The number of allylic oxidation sites excluding steroid dienone is 1. The van der Waals surface area contributed by atoms with Crippen molar-refractivity contribution in [2.45, 2.75) is 57.7 Å². The van der Waals surface area contributed by atoms with Crippen LogP contribution in [-0.2, 0) is 9.47 Å². The number of likely N-dealkylation sites (N-methyl/N-ethyl adjacent to an activating group) is 1. The predicted octanol–water partition coefficient (Wildman–Crippen LogP) is 2.69. The first-order valence-corrected chi connectivity index (χ1v) is 9.43. The van der Waals surface area contributed by atoms with Gasteiger partial charge in [0.2, 0.25) is 0 Å². The van der Waals surface area contributed by atoms with Crippen molar-refractivity contribution in [3.05, 3.63) is 23.6 Å². The Morgan fingerprint density at radius 2 is 2.04 bits per heavy atom. The summed E-state index contributed by atoms with van der Waals surface area (Å²) in [6.45, 7) is 6.06. The number of hydrogen-bond donors (Lipinski definition) is 1. The lowest BCUT2D eigenvalue weighted by Crippen LogP contribution is -2.43. The SMILES string of the molecule is CCC1=CC(OCCC[C@@H](CN)N2CCCCC2)=CN(C)C1OC. The number of piperidine rings is 1. The molecule has 0 radical (unpaired) electrons. The minimum atomic E-state index is 0.0306. The second kappa shape index (κ2) is 10.1. The minimum Gasteiger partial charge on any atom is -0.492 e. The van der Waals surface area contributed by atoms with Gasteiger partial charge in [-0.2, -0.15) is 0 Å². The van der Waals surface area contributed by atoms with E-state index >= 15 is 0 Å². The topological polar surface area (TPSA) is 51.0 Å². The van der Waals surface area contributed by atoms with E-state index in [4.69, 9.17) is 15.2 Å². The number of hydrogen-bond acceptors (Lipinski definition) is 5. The Morgan fingerprint density at radius 1 is 1.29 bits per heavy atom. The smallest absolute Gasteiger partial charge is 0.151 e. The zero-order valence-corrected chi connectivity index (χ0v) is 15.7. The highest BCUT2D eigenvalue weighted by atomic mass is 16.5. The molecular formula is C19H35N3O2. The fourth-order valence-corrected chi connectivity index (χ4v) is 3.74. The van der Waals surface area contributed by atoms with Gasteiger partial charge in [-0.25, -0.2) is 0 Å². The van der Waals surface area contributed by atoms with Crippen LogP contribution in [0.15, 0.2) is 23.6 Å². The summed E-state index contributed by atoms with van der Waals surface area (Å²) < 4.78 is 11.5. The summed E-state index contributed by atoms with van der Waals surface area (Å²) in [6, 6.07) is 0.511. The van der Waals surface area contributed by atoms with E-state index in [1.807, 2.05) is 13.2 Å². The van der Waals surface area contributed by atoms with Crippen molar-refractivity contribution in [2.75, 3.05) is 40.4 Å². The molecule has 1 fully saturated rings. The quantitative estimate of drug-likeness (QED) is 0.656. The van der Waals surface area contributed by atoms with Gasteiger partial charge in [0.25, 0.3) is 0 Å². The van der Waals surface area contributed by atoms with E-state index in [1.54, 1.807) is 7.11 Å². The molecule has 2 heterocycles. The van der Waals surface area contributed by atoms with Crippen LogP contribution in [0.2, 0.25) is 0 Å². The van der Waals surface area contributed by atoms with Crippen LogP contribution in [0.1, 0.15) is 45.4 Å². The highest BCUT2D eigenvalue weighted by Gasteiger charge is 2.22. The lowest BCUT2D eigenvalue weighted by molar-refractivity contribution is 0.0276. The van der Waals surface area contributed by atoms with Gasteiger partial charge in [0, 0.05) is 32.9 Å². The summed E-state index contributed by atoms with van der Waals surface area (Å²) in [5.41, 5.74) is 7.24. The van der Waals surface area contributed by atoms with Crippen molar-refractivity contribution in [3.8, 4) is 0 Å². The lowest BCUT2D eigenvalue weighted by atomic mass is 10.0. The molecule has 0 bridgehead atoms. The van der Waals surface area contributed by atoms with Crippen molar-refractivity contribution in [2.24, 2.45) is 5.73 Å². The van der Waals surface area contributed by atoms with Gasteiger partial charge in [0.1, 0.15) is 5.76 Å². The maximum atomic E-state index is 5.99. The normalized spacial score (nSPS) is 23.7. The summed E-state index contributed by atoms with van der Waals surface area (Å²) in [4.78, 5) is 4.64. The molecule has 5 nitrogen and oxygen atoms in total. The Labute approximate surface area is 147 Å². The fraction of sp³-hybridized carbons (Fsp3) is 0.789. The molecule has 0 spiro atoms. The van der Waals surface area contributed by atoms with Crippen molar-refractivity contribution in [3.63, 3.8) is 0 Å². The van der Waals surface area contributed by atoms with Gasteiger partial charge in [-0.1, -0.05) is 13.3 Å². The second-order valence-corrected chi connectivity index (χ2v) is 6.83.